The molecule has 4 aliphatic rings. The van der Waals surface area contributed by atoms with Crippen LogP contribution >= 0.6 is 0 Å². The number of aromatic hydroxyl groups is 1. The molecular formula is C35H37FN6O3. The number of terminal acetylenes is 1. The second-order valence-electron chi connectivity index (χ2n) is 13.2. The number of aryl methyl sites for hydroxylation is 1. The largest absolute Gasteiger partial charge is 0.508 e. The lowest BCUT2D eigenvalue weighted by atomic mass is 9.92. The first kappa shape index (κ1) is 28.4. The molecular weight excluding hydrogens is 571 g/mol. The Balaban J connectivity index is 1.22. The van der Waals surface area contributed by atoms with Crippen LogP contribution in [0, 0.1) is 30.5 Å². The van der Waals surface area contributed by atoms with E-state index in [-0.39, 0.29) is 16.7 Å². The molecule has 2 N–H and O–H groups in total. The SMILES string of the molecule is C#Cc1c(F)ccc2cc(O)cc(-c3cnc4c(N5CC6CCC(C5)N6)nc(OCC5(CN6CCOCC6)CC5)nc4c3C)c12. The summed E-state index contributed by atoms with van der Waals surface area (Å²) in [5.74, 6) is 2.87. The Labute approximate surface area is 261 Å². The Hall–Kier alpha value is -4.04. The summed E-state index contributed by atoms with van der Waals surface area (Å²) in [4.78, 5) is 19.7. The van der Waals surface area contributed by atoms with Crippen molar-refractivity contribution in [2.45, 2.75) is 44.7 Å². The van der Waals surface area contributed by atoms with Crippen LogP contribution in [0.15, 0.2) is 30.5 Å². The predicted octanol–water partition coefficient (Wildman–Crippen LogP) is 4.41. The Bertz CT molecular complexity index is 1840. The third-order valence-corrected chi connectivity index (χ3v) is 10.1. The highest BCUT2D eigenvalue weighted by Gasteiger charge is 2.45. The number of benzene rings is 2. The van der Waals surface area contributed by atoms with E-state index >= 15 is 0 Å². The number of fused-ring (bicyclic) bond motifs is 4. The first-order chi connectivity index (χ1) is 21.9. The van der Waals surface area contributed by atoms with Gasteiger partial charge < -0.3 is 24.8 Å². The van der Waals surface area contributed by atoms with E-state index in [0.29, 0.717) is 57.6 Å². The summed E-state index contributed by atoms with van der Waals surface area (Å²) in [7, 11) is 0. The summed E-state index contributed by atoms with van der Waals surface area (Å²) in [6.45, 7) is 8.66. The molecule has 0 radical (unpaired) electrons. The second-order valence-corrected chi connectivity index (χ2v) is 13.2. The average Bonchev–Trinajstić information content (AvgIpc) is 3.73. The molecule has 10 heteroatoms. The summed E-state index contributed by atoms with van der Waals surface area (Å²) in [6, 6.07) is 7.35. The highest BCUT2D eigenvalue weighted by molar-refractivity contribution is 6.04. The van der Waals surface area contributed by atoms with Crippen LogP contribution in [0.2, 0.25) is 0 Å². The van der Waals surface area contributed by atoms with E-state index in [0.717, 1.165) is 83.0 Å². The summed E-state index contributed by atoms with van der Waals surface area (Å²) in [5, 5.41) is 15.6. The lowest BCUT2D eigenvalue weighted by molar-refractivity contribution is 0.0231. The fourth-order valence-corrected chi connectivity index (χ4v) is 7.44. The highest BCUT2D eigenvalue weighted by atomic mass is 19.1. The number of hydrogen-bond acceptors (Lipinski definition) is 9. The predicted molar refractivity (Wildman–Crippen MR) is 171 cm³/mol. The fourth-order valence-electron chi connectivity index (χ4n) is 7.44. The van der Waals surface area contributed by atoms with Crippen LogP contribution in [0.25, 0.3) is 32.9 Å². The van der Waals surface area contributed by atoms with Gasteiger partial charge in [-0.25, -0.2) is 4.39 Å². The van der Waals surface area contributed by atoms with Gasteiger partial charge in [-0.3, -0.25) is 9.88 Å². The number of phenols is 1. The van der Waals surface area contributed by atoms with Gasteiger partial charge in [-0.1, -0.05) is 12.0 Å². The van der Waals surface area contributed by atoms with Crippen LogP contribution in [0.4, 0.5) is 10.2 Å². The van der Waals surface area contributed by atoms with Gasteiger partial charge in [-0.15, -0.1) is 6.42 Å². The van der Waals surface area contributed by atoms with Crippen LogP contribution in [-0.2, 0) is 4.74 Å². The Morgan fingerprint density at radius 3 is 2.62 bits per heavy atom. The molecule has 3 saturated heterocycles. The first-order valence-corrected chi connectivity index (χ1v) is 15.9. The molecule has 3 aliphatic heterocycles. The van der Waals surface area contributed by atoms with Crippen molar-refractivity contribution < 1.29 is 19.0 Å². The van der Waals surface area contributed by atoms with E-state index in [4.69, 9.17) is 30.8 Å². The Morgan fingerprint density at radius 1 is 1.11 bits per heavy atom. The molecule has 8 rings (SSSR count). The summed E-state index contributed by atoms with van der Waals surface area (Å²) < 4.78 is 26.9. The minimum atomic E-state index is -0.483. The van der Waals surface area contributed by atoms with E-state index in [1.807, 2.05) is 6.92 Å². The maximum absolute atomic E-state index is 14.9. The molecule has 45 heavy (non-hydrogen) atoms. The third-order valence-electron chi connectivity index (χ3n) is 10.1. The molecule has 2 unspecified atom stereocenters. The van der Waals surface area contributed by atoms with Gasteiger partial charge in [0.25, 0.3) is 0 Å². The zero-order valence-electron chi connectivity index (χ0n) is 25.5. The molecule has 1 aliphatic carbocycles. The molecule has 0 amide bonds. The molecule has 5 heterocycles. The zero-order valence-corrected chi connectivity index (χ0v) is 25.5. The van der Waals surface area contributed by atoms with Gasteiger partial charge in [-0.2, -0.15) is 9.97 Å². The number of rotatable bonds is 7. The molecule has 2 bridgehead atoms. The number of nitrogens with one attached hydrogen (secondary N) is 1. The van der Waals surface area contributed by atoms with Crippen LogP contribution in [-0.4, -0.2) is 89.6 Å². The van der Waals surface area contributed by atoms with Gasteiger partial charge >= 0.3 is 6.01 Å². The molecule has 4 fully saturated rings. The molecule has 4 aromatic rings. The van der Waals surface area contributed by atoms with Crippen molar-refractivity contribution >= 4 is 27.6 Å². The van der Waals surface area contributed by atoms with E-state index in [1.165, 1.54) is 6.07 Å². The van der Waals surface area contributed by atoms with E-state index in [2.05, 4.69) is 21.0 Å². The van der Waals surface area contributed by atoms with Crippen LogP contribution in [0.5, 0.6) is 11.8 Å². The van der Waals surface area contributed by atoms with Gasteiger partial charge in [0.15, 0.2) is 5.82 Å². The molecule has 2 aromatic heterocycles. The van der Waals surface area contributed by atoms with Gasteiger partial charge in [-0.05, 0) is 67.3 Å². The smallest absolute Gasteiger partial charge is 0.319 e. The number of ether oxygens (including phenoxy) is 2. The van der Waals surface area contributed by atoms with Crippen molar-refractivity contribution in [3.8, 4) is 35.2 Å². The van der Waals surface area contributed by atoms with Gasteiger partial charge in [0, 0.05) is 67.4 Å². The Kier molecular flexibility index (Phi) is 7.01. The van der Waals surface area contributed by atoms with Crippen molar-refractivity contribution in [3.05, 3.63) is 47.4 Å². The minimum absolute atomic E-state index is 0.0604. The zero-order chi connectivity index (χ0) is 30.7. The van der Waals surface area contributed by atoms with Gasteiger partial charge in [0.1, 0.15) is 22.6 Å². The van der Waals surface area contributed by atoms with Gasteiger partial charge in [0.2, 0.25) is 0 Å². The van der Waals surface area contributed by atoms with Crippen molar-refractivity contribution in [3.63, 3.8) is 0 Å². The maximum Gasteiger partial charge on any atom is 0.319 e. The molecule has 2 atom stereocenters. The van der Waals surface area contributed by atoms with Crippen LogP contribution in [0.1, 0.15) is 36.8 Å². The molecule has 1 saturated carbocycles. The molecule has 232 valence electrons. The summed E-state index contributed by atoms with van der Waals surface area (Å²) in [6.07, 6.45) is 12.1. The van der Waals surface area contributed by atoms with E-state index in [9.17, 15) is 9.50 Å². The number of halogens is 1. The number of hydrogen-bond donors (Lipinski definition) is 2. The van der Waals surface area contributed by atoms with E-state index in [1.54, 1.807) is 24.4 Å². The van der Waals surface area contributed by atoms with Crippen molar-refractivity contribution in [2.24, 2.45) is 5.41 Å². The second kappa shape index (κ2) is 11.1. The quantitative estimate of drug-likeness (QED) is 0.296. The molecule has 0 spiro atoms. The number of aromatic nitrogens is 3. The fraction of sp³-hybridized carbons (Fsp3) is 0.457. The van der Waals surface area contributed by atoms with Crippen molar-refractivity contribution in [1.82, 2.24) is 25.2 Å². The van der Waals surface area contributed by atoms with Crippen molar-refractivity contribution in [1.29, 1.82) is 0 Å². The first-order valence-electron chi connectivity index (χ1n) is 15.9. The topological polar surface area (TPSA) is 95.9 Å². The number of phenolic OH excluding ortho intramolecular Hbond substituents is 1. The highest BCUT2D eigenvalue weighted by Crippen LogP contribution is 2.47. The standard InChI is InChI=1S/C35H37FN6O3/c1-3-26-29(36)7-4-22-14-25(43)15-27(30(22)26)28-16-37-32-31(21(28)2)39-34(40-33(32)42-17-23-5-6-24(18-42)38-23)45-20-35(8-9-35)19-41-10-12-44-13-11-41/h1,4,7,14-16,23-24,38,43H,5-6,8-13,17-20H2,2H3. The summed E-state index contributed by atoms with van der Waals surface area (Å²) >= 11 is 0. The Morgan fingerprint density at radius 2 is 1.89 bits per heavy atom. The summed E-state index contributed by atoms with van der Waals surface area (Å²) in [5.41, 5.74) is 3.79. The van der Waals surface area contributed by atoms with Crippen LogP contribution in [0.3, 0.4) is 0 Å². The molecule has 9 nitrogen and oxygen atoms in total. The number of nitrogens with zero attached hydrogens (tertiary/aromatic N) is 5. The number of piperazine rings is 1. The van der Waals surface area contributed by atoms with Crippen LogP contribution < -0.4 is 15.0 Å². The number of morpholine rings is 1. The normalized spacial score (nSPS) is 22.6. The number of anilines is 1. The van der Waals surface area contributed by atoms with Gasteiger partial charge in [0.05, 0.1) is 25.4 Å². The van der Waals surface area contributed by atoms with E-state index < -0.39 is 5.82 Å². The maximum atomic E-state index is 14.9. The minimum Gasteiger partial charge on any atom is -0.508 e. The van der Waals surface area contributed by atoms with Crippen molar-refractivity contribution in [2.75, 3.05) is 57.4 Å². The number of pyridine rings is 1. The molecule has 2 aromatic carbocycles. The lowest BCUT2D eigenvalue weighted by Gasteiger charge is -2.34. The third kappa shape index (κ3) is 5.23. The lowest BCUT2D eigenvalue weighted by Crippen LogP contribution is -2.51. The monoisotopic (exact) mass is 608 g/mol. The average molecular weight is 609 g/mol.